The van der Waals surface area contributed by atoms with Crippen molar-refractivity contribution >= 4 is 11.7 Å². The van der Waals surface area contributed by atoms with Gasteiger partial charge in [0.1, 0.15) is 0 Å². The minimum absolute atomic E-state index is 0.00708. The molecule has 6 heteroatoms. The number of hydrogen-bond acceptors (Lipinski definition) is 4. The minimum atomic E-state index is -1.82. The van der Waals surface area contributed by atoms with Gasteiger partial charge in [0.2, 0.25) is 0 Å². The fraction of sp³-hybridized carbons (Fsp3) is 0.308. The molecule has 102 valence electrons. The van der Waals surface area contributed by atoms with E-state index >= 15 is 0 Å². The molecular formula is C13H14FNO4. The highest BCUT2D eigenvalue weighted by molar-refractivity contribution is 5.89. The van der Waals surface area contributed by atoms with Gasteiger partial charge in [0.15, 0.2) is 6.17 Å². The molecule has 0 fully saturated rings. The number of alkyl halides is 1. The number of carbonyl (C=O) groups excluding carboxylic acids is 1. The van der Waals surface area contributed by atoms with Crippen LogP contribution < -0.4 is 0 Å². The van der Waals surface area contributed by atoms with Gasteiger partial charge in [0, 0.05) is 12.1 Å². The average Bonchev–Trinajstić information content (AvgIpc) is 2.43. The molecule has 0 bridgehead atoms. The van der Waals surface area contributed by atoms with Crippen molar-refractivity contribution in [2.75, 3.05) is 6.61 Å². The summed E-state index contributed by atoms with van der Waals surface area (Å²) in [6.07, 6.45) is -1.20. The molecular weight excluding hydrogens is 253 g/mol. The maximum atomic E-state index is 14.0. The second kappa shape index (κ2) is 6.63. The first kappa shape index (κ1) is 14.8. The van der Waals surface area contributed by atoms with E-state index in [2.05, 4.69) is 6.58 Å². The molecule has 1 aromatic carbocycles. The Labute approximate surface area is 109 Å². The number of hydrogen-bond donors (Lipinski definition) is 0. The van der Waals surface area contributed by atoms with Gasteiger partial charge < -0.3 is 4.74 Å². The molecule has 1 aromatic rings. The summed E-state index contributed by atoms with van der Waals surface area (Å²) in [5, 5.41) is 10.6. The lowest BCUT2D eigenvalue weighted by molar-refractivity contribution is -0.384. The molecule has 19 heavy (non-hydrogen) atoms. The zero-order valence-electron chi connectivity index (χ0n) is 10.5. The largest absolute Gasteiger partial charge is 0.462 e. The van der Waals surface area contributed by atoms with Crippen molar-refractivity contribution in [3.8, 4) is 0 Å². The number of carbonyl (C=O) groups is 1. The normalized spacial score (nSPS) is 11.7. The highest BCUT2D eigenvalue weighted by Crippen LogP contribution is 2.28. The number of esters is 1. The van der Waals surface area contributed by atoms with Crippen LogP contribution in [0.1, 0.15) is 25.1 Å². The molecule has 0 amide bonds. The van der Waals surface area contributed by atoms with Crippen LogP contribution in [0.3, 0.4) is 0 Å². The molecule has 0 heterocycles. The summed E-state index contributed by atoms with van der Waals surface area (Å²) in [5.41, 5.74) is -0.600. The molecule has 0 saturated heterocycles. The first-order valence-corrected chi connectivity index (χ1v) is 5.71. The topological polar surface area (TPSA) is 69.4 Å². The van der Waals surface area contributed by atoms with Crippen LogP contribution in [0, 0.1) is 10.1 Å². The van der Waals surface area contributed by atoms with Gasteiger partial charge in [-0.2, -0.15) is 0 Å². The van der Waals surface area contributed by atoms with Crippen LogP contribution in [0.2, 0.25) is 0 Å². The van der Waals surface area contributed by atoms with Gasteiger partial charge in [-0.05, 0) is 12.0 Å². The molecule has 1 unspecified atom stereocenters. The number of nitrogens with zero attached hydrogens (tertiary/aromatic N) is 1. The van der Waals surface area contributed by atoms with Crippen molar-refractivity contribution in [3.05, 3.63) is 52.1 Å². The van der Waals surface area contributed by atoms with Gasteiger partial charge in [-0.3, -0.25) is 10.1 Å². The van der Waals surface area contributed by atoms with Gasteiger partial charge in [0.25, 0.3) is 5.69 Å². The van der Waals surface area contributed by atoms with E-state index in [9.17, 15) is 19.3 Å². The zero-order valence-corrected chi connectivity index (χ0v) is 10.5. The van der Waals surface area contributed by atoms with E-state index in [1.54, 1.807) is 0 Å². The fourth-order valence-electron chi connectivity index (χ4n) is 1.39. The molecule has 5 nitrogen and oxygen atoms in total. The van der Waals surface area contributed by atoms with Gasteiger partial charge in [0.05, 0.1) is 17.1 Å². The van der Waals surface area contributed by atoms with Gasteiger partial charge >= 0.3 is 5.97 Å². The fourth-order valence-corrected chi connectivity index (χ4v) is 1.39. The molecule has 0 saturated carbocycles. The van der Waals surface area contributed by atoms with Crippen LogP contribution in [0.5, 0.6) is 0 Å². The first-order valence-electron chi connectivity index (χ1n) is 5.71. The Balaban J connectivity index is 2.84. The lowest BCUT2D eigenvalue weighted by atomic mass is 10.0. The molecule has 0 aliphatic rings. The summed E-state index contributed by atoms with van der Waals surface area (Å²) < 4.78 is 18.8. The highest BCUT2D eigenvalue weighted by atomic mass is 19.1. The van der Waals surface area contributed by atoms with Gasteiger partial charge in [-0.1, -0.05) is 25.6 Å². The molecule has 0 spiro atoms. The third-order valence-corrected chi connectivity index (χ3v) is 2.38. The van der Waals surface area contributed by atoms with Crippen molar-refractivity contribution in [1.82, 2.24) is 0 Å². The lowest BCUT2D eigenvalue weighted by Crippen LogP contribution is -2.12. The Morgan fingerprint density at radius 3 is 2.84 bits per heavy atom. The van der Waals surface area contributed by atoms with Gasteiger partial charge in [-0.15, -0.1) is 0 Å². The summed E-state index contributed by atoms with van der Waals surface area (Å²) in [7, 11) is 0. The third-order valence-electron chi connectivity index (χ3n) is 2.38. The number of rotatable bonds is 6. The SMILES string of the molecule is C=C(C(=O)OCCC)C(F)c1cccc([N+](=O)[O-])c1. The lowest BCUT2D eigenvalue weighted by Gasteiger charge is -2.11. The Morgan fingerprint density at radius 1 is 1.58 bits per heavy atom. The van der Waals surface area contributed by atoms with E-state index in [-0.39, 0.29) is 23.4 Å². The monoisotopic (exact) mass is 267 g/mol. The summed E-state index contributed by atoms with van der Waals surface area (Å²) in [4.78, 5) is 21.4. The molecule has 1 rings (SSSR count). The number of nitro groups is 1. The Hall–Kier alpha value is -2.24. The van der Waals surface area contributed by atoms with E-state index in [1.165, 1.54) is 18.2 Å². The van der Waals surface area contributed by atoms with E-state index < -0.39 is 17.1 Å². The average molecular weight is 267 g/mol. The molecule has 0 N–H and O–H groups in total. The minimum Gasteiger partial charge on any atom is -0.462 e. The summed E-state index contributed by atoms with van der Waals surface area (Å²) in [6.45, 7) is 5.33. The van der Waals surface area contributed by atoms with Crippen molar-refractivity contribution in [1.29, 1.82) is 0 Å². The van der Waals surface area contributed by atoms with Crippen molar-refractivity contribution in [2.24, 2.45) is 0 Å². The Bertz CT molecular complexity index is 501. The van der Waals surface area contributed by atoms with Gasteiger partial charge in [-0.25, -0.2) is 9.18 Å². The van der Waals surface area contributed by atoms with E-state index in [0.717, 1.165) is 6.07 Å². The quantitative estimate of drug-likeness (QED) is 0.343. The molecule has 1 atom stereocenters. The molecule has 0 aliphatic heterocycles. The Kier molecular flexibility index (Phi) is 5.17. The van der Waals surface area contributed by atoms with E-state index in [1.807, 2.05) is 6.92 Å². The third kappa shape index (κ3) is 3.87. The van der Waals surface area contributed by atoms with Crippen molar-refractivity contribution in [3.63, 3.8) is 0 Å². The number of ether oxygens (including phenoxy) is 1. The standard InChI is InChI=1S/C13H14FNO4/c1-3-7-19-13(16)9(2)12(14)10-5-4-6-11(8-10)15(17)18/h4-6,8,12H,2-3,7H2,1H3. The first-order chi connectivity index (χ1) is 8.97. The molecule has 0 aromatic heterocycles. The zero-order chi connectivity index (χ0) is 14.4. The maximum absolute atomic E-state index is 14.0. The number of benzene rings is 1. The predicted molar refractivity (Wildman–Crippen MR) is 67.3 cm³/mol. The van der Waals surface area contributed by atoms with Crippen LogP contribution in [-0.4, -0.2) is 17.5 Å². The molecule has 0 radical (unpaired) electrons. The van der Waals surface area contributed by atoms with E-state index in [0.29, 0.717) is 6.42 Å². The summed E-state index contributed by atoms with van der Waals surface area (Å²) >= 11 is 0. The smallest absolute Gasteiger partial charge is 0.336 e. The summed E-state index contributed by atoms with van der Waals surface area (Å²) in [6, 6.07) is 5.03. The number of halogens is 1. The Morgan fingerprint density at radius 2 is 2.26 bits per heavy atom. The van der Waals surface area contributed by atoms with E-state index in [4.69, 9.17) is 4.74 Å². The number of non-ortho nitro benzene ring substituents is 1. The van der Waals surface area contributed by atoms with Crippen LogP contribution in [-0.2, 0) is 9.53 Å². The highest BCUT2D eigenvalue weighted by Gasteiger charge is 2.22. The van der Waals surface area contributed by atoms with Crippen LogP contribution >= 0.6 is 0 Å². The van der Waals surface area contributed by atoms with Crippen LogP contribution in [0.15, 0.2) is 36.4 Å². The maximum Gasteiger partial charge on any atom is 0.336 e. The van der Waals surface area contributed by atoms with Crippen LogP contribution in [0.25, 0.3) is 0 Å². The van der Waals surface area contributed by atoms with Crippen molar-refractivity contribution < 1.29 is 18.8 Å². The second-order valence-corrected chi connectivity index (χ2v) is 3.88. The predicted octanol–water partition coefficient (Wildman–Crippen LogP) is 3.11. The number of nitro benzene ring substituents is 1. The molecule has 0 aliphatic carbocycles. The second-order valence-electron chi connectivity index (χ2n) is 3.88. The van der Waals surface area contributed by atoms with Crippen molar-refractivity contribution in [2.45, 2.75) is 19.5 Å². The summed E-state index contributed by atoms with van der Waals surface area (Å²) in [5.74, 6) is -0.833. The van der Waals surface area contributed by atoms with Crippen LogP contribution in [0.4, 0.5) is 10.1 Å².